The summed E-state index contributed by atoms with van der Waals surface area (Å²) in [7, 11) is 0. The molecule has 2 heterocycles. The molecular weight excluding hydrogens is 174 g/mol. The first-order chi connectivity index (χ1) is 6.75. The van der Waals surface area contributed by atoms with Crippen molar-refractivity contribution in [2.45, 2.75) is 26.2 Å². The molecule has 1 aliphatic rings. The number of anilines is 1. The quantitative estimate of drug-likeness (QED) is 0.682. The molecule has 0 saturated heterocycles. The summed E-state index contributed by atoms with van der Waals surface area (Å²) >= 11 is 0. The molecule has 0 unspecified atom stereocenters. The summed E-state index contributed by atoms with van der Waals surface area (Å²) in [5.74, 6) is 0. The molecule has 0 saturated carbocycles. The lowest BCUT2D eigenvalue weighted by Gasteiger charge is -2.02. The van der Waals surface area contributed by atoms with Crippen LogP contribution in [0.25, 0.3) is 5.65 Å². The molecule has 3 rings (SSSR count). The van der Waals surface area contributed by atoms with Gasteiger partial charge in [-0.1, -0.05) is 0 Å². The van der Waals surface area contributed by atoms with Gasteiger partial charge in [-0.25, -0.2) is 4.98 Å². The number of fused-ring (bicyclic) bond motifs is 3. The normalized spacial score (nSPS) is 14.9. The first kappa shape index (κ1) is 7.85. The molecule has 1 aliphatic carbocycles. The lowest BCUT2D eigenvalue weighted by Crippen LogP contribution is -1.96. The van der Waals surface area contributed by atoms with Crippen LogP contribution in [-0.4, -0.2) is 9.38 Å². The van der Waals surface area contributed by atoms with Gasteiger partial charge in [-0.15, -0.1) is 0 Å². The molecule has 0 bridgehead atoms. The van der Waals surface area contributed by atoms with Crippen LogP contribution in [0.4, 0.5) is 5.69 Å². The van der Waals surface area contributed by atoms with Crippen molar-refractivity contribution in [1.82, 2.24) is 9.38 Å². The molecule has 0 aliphatic heterocycles. The van der Waals surface area contributed by atoms with E-state index in [1.165, 1.54) is 23.4 Å². The van der Waals surface area contributed by atoms with Gasteiger partial charge < -0.3 is 10.1 Å². The predicted molar refractivity (Wildman–Crippen MR) is 56.4 cm³/mol. The molecule has 0 atom stereocenters. The lowest BCUT2D eigenvalue weighted by molar-refractivity contribution is 0.868. The summed E-state index contributed by atoms with van der Waals surface area (Å²) in [6.45, 7) is 2.07. The average molecular weight is 187 g/mol. The number of pyridine rings is 1. The van der Waals surface area contributed by atoms with Gasteiger partial charge in [0.05, 0.1) is 11.4 Å². The van der Waals surface area contributed by atoms with Crippen molar-refractivity contribution in [2.75, 3.05) is 5.73 Å². The first-order valence-electron chi connectivity index (χ1n) is 5.01. The Bertz CT molecular complexity index is 511. The zero-order valence-electron chi connectivity index (χ0n) is 8.25. The van der Waals surface area contributed by atoms with Gasteiger partial charge in [0.15, 0.2) is 5.65 Å². The van der Waals surface area contributed by atoms with Crippen LogP contribution in [0.5, 0.6) is 0 Å². The van der Waals surface area contributed by atoms with Gasteiger partial charge in [0.1, 0.15) is 0 Å². The van der Waals surface area contributed by atoms with Crippen LogP contribution in [0, 0.1) is 6.92 Å². The predicted octanol–water partition coefficient (Wildman–Crippen LogP) is 1.71. The van der Waals surface area contributed by atoms with E-state index in [4.69, 9.17) is 5.73 Å². The fourth-order valence-corrected chi connectivity index (χ4v) is 2.29. The maximum atomic E-state index is 5.93. The molecule has 0 spiro atoms. The number of aromatic nitrogens is 2. The second-order valence-corrected chi connectivity index (χ2v) is 4.03. The van der Waals surface area contributed by atoms with Crippen molar-refractivity contribution >= 4 is 11.3 Å². The van der Waals surface area contributed by atoms with Crippen molar-refractivity contribution in [2.24, 2.45) is 0 Å². The first-order valence-corrected chi connectivity index (χ1v) is 5.01. The standard InChI is InChI=1S/C11H13N3/c1-7-5-8(12)11-13-9-3-2-4-10(9)14(11)6-7/h5-6H,2-4,12H2,1H3. The smallest absolute Gasteiger partial charge is 0.160 e. The van der Waals surface area contributed by atoms with Crippen LogP contribution in [0.15, 0.2) is 12.3 Å². The molecule has 2 N–H and O–H groups in total. The van der Waals surface area contributed by atoms with Gasteiger partial charge in [0.25, 0.3) is 0 Å². The average Bonchev–Trinajstić information content (AvgIpc) is 2.65. The molecule has 72 valence electrons. The van der Waals surface area contributed by atoms with Crippen molar-refractivity contribution < 1.29 is 0 Å². The lowest BCUT2D eigenvalue weighted by atomic mass is 10.3. The number of nitrogens with zero attached hydrogens (tertiary/aromatic N) is 2. The Kier molecular flexibility index (Phi) is 1.40. The van der Waals surface area contributed by atoms with E-state index in [2.05, 4.69) is 22.5 Å². The zero-order chi connectivity index (χ0) is 9.71. The van der Waals surface area contributed by atoms with Gasteiger partial charge in [0, 0.05) is 11.9 Å². The summed E-state index contributed by atoms with van der Waals surface area (Å²) in [6, 6.07) is 1.98. The molecule has 3 nitrogen and oxygen atoms in total. The Labute approximate surface area is 82.6 Å². The molecular formula is C11H13N3. The number of nitrogen functional groups attached to an aromatic ring is 1. The van der Waals surface area contributed by atoms with E-state index in [1.54, 1.807) is 0 Å². The molecule has 0 amide bonds. The SMILES string of the molecule is Cc1cc(N)c2nc3c(n2c1)CCC3. The van der Waals surface area contributed by atoms with Crippen molar-refractivity contribution in [1.29, 1.82) is 0 Å². The Hall–Kier alpha value is -1.51. The van der Waals surface area contributed by atoms with Crippen LogP contribution in [0.3, 0.4) is 0 Å². The van der Waals surface area contributed by atoms with Gasteiger partial charge in [-0.2, -0.15) is 0 Å². The third-order valence-electron chi connectivity index (χ3n) is 2.89. The maximum Gasteiger partial charge on any atom is 0.160 e. The zero-order valence-corrected chi connectivity index (χ0v) is 8.25. The summed E-state index contributed by atoms with van der Waals surface area (Å²) < 4.78 is 2.16. The summed E-state index contributed by atoms with van der Waals surface area (Å²) in [5, 5.41) is 0. The van der Waals surface area contributed by atoms with Crippen LogP contribution in [0.2, 0.25) is 0 Å². The minimum Gasteiger partial charge on any atom is -0.396 e. The highest BCUT2D eigenvalue weighted by molar-refractivity contribution is 5.67. The number of nitrogens with two attached hydrogens (primary N) is 1. The van der Waals surface area contributed by atoms with Crippen LogP contribution in [-0.2, 0) is 12.8 Å². The third-order valence-corrected chi connectivity index (χ3v) is 2.89. The van der Waals surface area contributed by atoms with E-state index >= 15 is 0 Å². The number of hydrogen-bond acceptors (Lipinski definition) is 2. The van der Waals surface area contributed by atoms with E-state index < -0.39 is 0 Å². The second-order valence-electron chi connectivity index (χ2n) is 4.03. The van der Waals surface area contributed by atoms with E-state index in [1.807, 2.05) is 6.07 Å². The molecule has 2 aromatic rings. The Morgan fingerprint density at radius 3 is 3.14 bits per heavy atom. The Balaban J connectivity index is 2.43. The Morgan fingerprint density at radius 2 is 2.29 bits per heavy atom. The van der Waals surface area contributed by atoms with Gasteiger partial charge in [-0.3, -0.25) is 0 Å². The van der Waals surface area contributed by atoms with Crippen molar-refractivity contribution in [3.63, 3.8) is 0 Å². The number of rotatable bonds is 0. The molecule has 2 aromatic heterocycles. The van der Waals surface area contributed by atoms with Crippen molar-refractivity contribution in [3.05, 3.63) is 29.2 Å². The summed E-state index contributed by atoms with van der Waals surface area (Å²) in [6.07, 6.45) is 5.60. The third kappa shape index (κ3) is 0.895. The highest BCUT2D eigenvalue weighted by atomic mass is 15.0. The van der Waals surface area contributed by atoms with Gasteiger partial charge in [0.2, 0.25) is 0 Å². The monoisotopic (exact) mass is 187 g/mol. The highest BCUT2D eigenvalue weighted by Gasteiger charge is 2.18. The van der Waals surface area contributed by atoms with E-state index in [9.17, 15) is 0 Å². The molecule has 0 radical (unpaired) electrons. The van der Waals surface area contributed by atoms with E-state index in [0.29, 0.717) is 0 Å². The minimum absolute atomic E-state index is 0.791. The number of aryl methyl sites for hydroxylation is 3. The van der Waals surface area contributed by atoms with Crippen molar-refractivity contribution in [3.8, 4) is 0 Å². The topological polar surface area (TPSA) is 43.3 Å². The van der Waals surface area contributed by atoms with Crippen LogP contribution < -0.4 is 5.73 Å². The minimum atomic E-state index is 0.791. The molecule has 0 fully saturated rings. The van der Waals surface area contributed by atoms with E-state index in [0.717, 1.165) is 24.2 Å². The molecule has 3 heteroatoms. The molecule has 0 aromatic carbocycles. The molecule has 14 heavy (non-hydrogen) atoms. The fourth-order valence-electron chi connectivity index (χ4n) is 2.29. The fraction of sp³-hybridized carbons (Fsp3) is 0.364. The van der Waals surface area contributed by atoms with Crippen LogP contribution >= 0.6 is 0 Å². The van der Waals surface area contributed by atoms with Crippen LogP contribution in [0.1, 0.15) is 23.4 Å². The number of hydrogen-bond donors (Lipinski definition) is 1. The van der Waals surface area contributed by atoms with Gasteiger partial charge in [-0.05, 0) is 37.8 Å². The highest BCUT2D eigenvalue weighted by Crippen LogP contribution is 2.25. The summed E-state index contributed by atoms with van der Waals surface area (Å²) in [4.78, 5) is 4.57. The largest absolute Gasteiger partial charge is 0.396 e. The van der Waals surface area contributed by atoms with E-state index in [-0.39, 0.29) is 0 Å². The Morgan fingerprint density at radius 1 is 1.43 bits per heavy atom. The maximum absolute atomic E-state index is 5.93. The van der Waals surface area contributed by atoms with Gasteiger partial charge >= 0.3 is 0 Å². The second kappa shape index (κ2) is 2.50. The summed E-state index contributed by atoms with van der Waals surface area (Å²) in [5.41, 5.74) is 11.4. The number of imidazole rings is 1.